The molecule has 4 heteroatoms. The molecular formula is C19H24N2OS. The van der Waals surface area contributed by atoms with Crippen LogP contribution in [0.25, 0.3) is 0 Å². The lowest BCUT2D eigenvalue weighted by molar-refractivity contribution is 0.340. The normalized spacial score (nSPS) is 10.4. The van der Waals surface area contributed by atoms with E-state index in [2.05, 4.69) is 54.8 Å². The number of benzene rings is 2. The van der Waals surface area contributed by atoms with Crippen molar-refractivity contribution in [2.24, 2.45) is 0 Å². The number of thiocarbonyl (C=S) groups is 1. The largest absolute Gasteiger partial charge is 0.494 e. The van der Waals surface area contributed by atoms with Crippen molar-refractivity contribution < 1.29 is 4.74 Å². The van der Waals surface area contributed by atoms with Crippen LogP contribution in [-0.4, -0.2) is 11.7 Å². The van der Waals surface area contributed by atoms with Gasteiger partial charge >= 0.3 is 0 Å². The minimum absolute atomic E-state index is 0.534. The van der Waals surface area contributed by atoms with Gasteiger partial charge in [0.25, 0.3) is 0 Å². The topological polar surface area (TPSA) is 33.3 Å². The first-order valence-electron chi connectivity index (χ1n) is 7.95. The molecular weight excluding hydrogens is 304 g/mol. The molecule has 0 aliphatic carbocycles. The zero-order valence-corrected chi connectivity index (χ0v) is 14.7. The summed E-state index contributed by atoms with van der Waals surface area (Å²) in [6, 6.07) is 16.4. The third kappa shape index (κ3) is 5.57. The van der Waals surface area contributed by atoms with Crippen molar-refractivity contribution in [3.8, 4) is 5.75 Å². The van der Waals surface area contributed by atoms with E-state index >= 15 is 0 Å². The Morgan fingerprint density at radius 1 is 1.13 bits per heavy atom. The van der Waals surface area contributed by atoms with Gasteiger partial charge in [-0.15, -0.1) is 0 Å². The monoisotopic (exact) mass is 328 g/mol. The Morgan fingerprint density at radius 3 is 2.52 bits per heavy atom. The van der Waals surface area contributed by atoms with E-state index < -0.39 is 0 Å². The Bertz CT molecular complexity index is 638. The highest BCUT2D eigenvalue weighted by atomic mass is 32.1. The quantitative estimate of drug-likeness (QED) is 0.753. The van der Waals surface area contributed by atoms with E-state index in [-0.39, 0.29) is 0 Å². The molecule has 0 spiro atoms. The highest BCUT2D eigenvalue weighted by Gasteiger charge is 2.02. The zero-order chi connectivity index (χ0) is 16.7. The SMILES string of the molecule is CCOc1cccc(CNC(=S)Nc2ccc(C(C)C)cc2)c1. The molecule has 0 aliphatic rings. The van der Waals surface area contributed by atoms with Crippen LogP contribution >= 0.6 is 12.2 Å². The summed E-state index contributed by atoms with van der Waals surface area (Å²) in [4.78, 5) is 0. The number of nitrogens with one attached hydrogen (secondary N) is 2. The van der Waals surface area contributed by atoms with Crippen LogP contribution in [0.4, 0.5) is 5.69 Å². The van der Waals surface area contributed by atoms with Crippen LogP contribution in [-0.2, 0) is 6.54 Å². The van der Waals surface area contributed by atoms with Crippen molar-refractivity contribution in [1.82, 2.24) is 5.32 Å². The molecule has 0 bridgehead atoms. The highest BCUT2D eigenvalue weighted by Crippen LogP contribution is 2.17. The predicted molar refractivity (Wildman–Crippen MR) is 101 cm³/mol. The first-order valence-corrected chi connectivity index (χ1v) is 8.36. The van der Waals surface area contributed by atoms with E-state index in [4.69, 9.17) is 17.0 Å². The van der Waals surface area contributed by atoms with Gasteiger partial charge in [0, 0.05) is 12.2 Å². The fraction of sp³-hybridized carbons (Fsp3) is 0.316. The summed E-state index contributed by atoms with van der Waals surface area (Å²) in [5.41, 5.74) is 3.45. The minimum Gasteiger partial charge on any atom is -0.494 e. The number of hydrogen-bond donors (Lipinski definition) is 2. The average molecular weight is 328 g/mol. The Labute approximate surface area is 144 Å². The van der Waals surface area contributed by atoms with E-state index in [1.165, 1.54) is 5.56 Å². The molecule has 0 unspecified atom stereocenters. The van der Waals surface area contributed by atoms with E-state index in [9.17, 15) is 0 Å². The molecule has 0 amide bonds. The first-order chi connectivity index (χ1) is 11.1. The van der Waals surface area contributed by atoms with Crippen LogP contribution in [0.3, 0.4) is 0 Å². The lowest BCUT2D eigenvalue weighted by atomic mass is 10.0. The molecule has 2 aromatic carbocycles. The Hall–Kier alpha value is -2.07. The fourth-order valence-electron chi connectivity index (χ4n) is 2.22. The predicted octanol–water partition coefficient (Wildman–Crippen LogP) is 4.70. The van der Waals surface area contributed by atoms with Gasteiger partial charge in [-0.1, -0.05) is 38.1 Å². The molecule has 0 saturated heterocycles. The van der Waals surface area contributed by atoms with E-state index in [1.807, 2.05) is 25.1 Å². The Morgan fingerprint density at radius 2 is 1.87 bits per heavy atom. The number of ether oxygens (including phenoxy) is 1. The molecule has 2 aromatic rings. The summed E-state index contributed by atoms with van der Waals surface area (Å²) < 4.78 is 5.50. The molecule has 2 rings (SSSR count). The molecule has 0 aliphatic heterocycles. The summed E-state index contributed by atoms with van der Waals surface area (Å²) >= 11 is 5.35. The van der Waals surface area contributed by atoms with Crippen LogP contribution in [0, 0.1) is 0 Å². The Kier molecular flexibility index (Phi) is 6.41. The Balaban J connectivity index is 1.86. The van der Waals surface area contributed by atoms with Crippen molar-refractivity contribution in [2.75, 3.05) is 11.9 Å². The van der Waals surface area contributed by atoms with Gasteiger partial charge in [-0.05, 0) is 60.5 Å². The second kappa shape index (κ2) is 8.53. The van der Waals surface area contributed by atoms with Crippen molar-refractivity contribution in [3.05, 3.63) is 59.7 Å². The van der Waals surface area contributed by atoms with Crippen molar-refractivity contribution >= 4 is 23.0 Å². The van der Waals surface area contributed by atoms with Gasteiger partial charge in [0.05, 0.1) is 6.61 Å². The third-order valence-electron chi connectivity index (χ3n) is 3.50. The van der Waals surface area contributed by atoms with Crippen LogP contribution < -0.4 is 15.4 Å². The molecule has 0 fully saturated rings. The van der Waals surface area contributed by atoms with Gasteiger partial charge < -0.3 is 15.4 Å². The molecule has 0 aromatic heterocycles. The van der Waals surface area contributed by atoms with Crippen LogP contribution in [0.5, 0.6) is 5.75 Å². The lowest BCUT2D eigenvalue weighted by Crippen LogP contribution is -2.27. The second-order valence-electron chi connectivity index (χ2n) is 5.66. The highest BCUT2D eigenvalue weighted by molar-refractivity contribution is 7.80. The molecule has 2 N–H and O–H groups in total. The van der Waals surface area contributed by atoms with Gasteiger partial charge in [-0.2, -0.15) is 0 Å². The smallest absolute Gasteiger partial charge is 0.171 e. The standard InChI is InChI=1S/C19H24N2OS/c1-4-22-18-7-5-6-15(12-18)13-20-19(23)21-17-10-8-16(9-11-17)14(2)3/h5-12,14H,4,13H2,1-3H3,(H2,20,21,23). The summed E-state index contributed by atoms with van der Waals surface area (Å²) in [6.45, 7) is 7.69. The maximum Gasteiger partial charge on any atom is 0.171 e. The van der Waals surface area contributed by atoms with Crippen molar-refractivity contribution in [1.29, 1.82) is 0 Å². The van der Waals surface area contributed by atoms with Gasteiger partial charge in [0.15, 0.2) is 5.11 Å². The molecule has 23 heavy (non-hydrogen) atoms. The molecule has 0 atom stereocenters. The first kappa shape index (κ1) is 17.3. The second-order valence-corrected chi connectivity index (χ2v) is 6.07. The van der Waals surface area contributed by atoms with Gasteiger partial charge in [0.2, 0.25) is 0 Å². The zero-order valence-electron chi connectivity index (χ0n) is 13.9. The maximum atomic E-state index is 5.50. The molecule has 0 saturated carbocycles. The van der Waals surface area contributed by atoms with Crippen LogP contribution in [0.15, 0.2) is 48.5 Å². The van der Waals surface area contributed by atoms with E-state index in [0.29, 0.717) is 24.2 Å². The average Bonchev–Trinajstić information content (AvgIpc) is 2.54. The number of rotatable bonds is 6. The van der Waals surface area contributed by atoms with Crippen molar-refractivity contribution in [2.45, 2.75) is 33.2 Å². The summed E-state index contributed by atoms with van der Waals surface area (Å²) in [6.07, 6.45) is 0. The number of anilines is 1. The van der Waals surface area contributed by atoms with Crippen LogP contribution in [0.1, 0.15) is 37.8 Å². The molecule has 0 heterocycles. The molecule has 0 radical (unpaired) electrons. The third-order valence-corrected chi connectivity index (χ3v) is 3.74. The lowest BCUT2D eigenvalue weighted by Gasteiger charge is -2.12. The molecule has 122 valence electrons. The van der Waals surface area contributed by atoms with Crippen molar-refractivity contribution in [3.63, 3.8) is 0 Å². The summed E-state index contributed by atoms with van der Waals surface area (Å²) in [5, 5.41) is 7.04. The number of hydrogen-bond acceptors (Lipinski definition) is 2. The van der Waals surface area contributed by atoms with Gasteiger partial charge in [-0.25, -0.2) is 0 Å². The van der Waals surface area contributed by atoms with E-state index in [1.54, 1.807) is 0 Å². The maximum absolute atomic E-state index is 5.50. The molecule has 3 nitrogen and oxygen atoms in total. The van der Waals surface area contributed by atoms with Gasteiger partial charge in [0.1, 0.15) is 5.75 Å². The summed E-state index contributed by atoms with van der Waals surface area (Å²) in [5.74, 6) is 1.42. The minimum atomic E-state index is 0.534. The van der Waals surface area contributed by atoms with Crippen LogP contribution in [0.2, 0.25) is 0 Å². The van der Waals surface area contributed by atoms with Gasteiger partial charge in [-0.3, -0.25) is 0 Å². The fourth-order valence-corrected chi connectivity index (χ4v) is 2.41. The van der Waals surface area contributed by atoms with E-state index in [0.717, 1.165) is 17.0 Å². The summed E-state index contributed by atoms with van der Waals surface area (Å²) in [7, 11) is 0.